The maximum absolute atomic E-state index is 12.5. The number of aromatic carboxylic acids is 1. The van der Waals surface area contributed by atoms with E-state index in [1.165, 1.54) is 11.3 Å². The van der Waals surface area contributed by atoms with Crippen molar-refractivity contribution in [3.63, 3.8) is 0 Å². The third-order valence-electron chi connectivity index (χ3n) is 4.33. The summed E-state index contributed by atoms with van der Waals surface area (Å²) in [5.74, 6) is -1.37. The second kappa shape index (κ2) is 7.14. The lowest BCUT2D eigenvalue weighted by atomic mass is 9.99. The van der Waals surface area contributed by atoms with Crippen LogP contribution < -0.4 is 5.32 Å². The summed E-state index contributed by atoms with van der Waals surface area (Å²) in [6.07, 6.45) is 0. The Morgan fingerprint density at radius 2 is 1.77 bits per heavy atom. The Hall–Kier alpha value is -2.92. The molecule has 3 rings (SSSR count). The minimum absolute atomic E-state index is 0.124. The van der Waals surface area contributed by atoms with Crippen molar-refractivity contribution in [2.75, 3.05) is 5.32 Å². The molecule has 0 bridgehead atoms. The van der Waals surface area contributed by atoms with E-state index < -0.39 is 5.97 Å². The van der Waals surface area contributed by atoms with Crippen LogP contribution in [0.5, 0.6) is 0 Å². The van der Waals surface area contributed by atoms with Crippen molar-refractivity contribution in [1.29, 1.82) is 0 Å². The number of hydrogen-bond acceptors (Lipinski definition) is 3. The Morgan fingerprint density at radius 3 is 2.42 bits per heavy atom. The molecule has 0 fully saturated rings. The Balaban J connectivity index is 1.98. The van der Waals surface area contributed by atoms with Gasteiger partial charge in [0.1, 0.15) is 10.6 Å². The third kappa shape index (κ3) is 3.53. The Morgan fingerprint density at radius 1 is 1.00 bits per heavy atom. The molecule has 2 N–H and O–H groups in total. The molecular weight excluding hydrogens is 346 g/mol. The van der Waals surface area contributed by atoms with E-state index in [-0.39, 0.29) is 11.5 Å². The number of anilines is 1. The normalized spacial score (nSPS) is 10.6. The quantitative estimate of drug-likeness (QED) is 0.660. The molecule has 5 heteroatoms. The van der Waals surface area contributed by atoms with Gasteiger partial charge in [-0.3, -0.25) is 4.79 Å². The zero-order valence-corrected chi connectivity index (χ0v) is 15.6. The van der Waals surface area contributed by atoms with E-state index in [1.54, 1.807) is 23.6 Å². The van der Waals surface area contributed by atoms with E-state index in [0.29, 0.717) is 16.1 Å². The van der Waals surface area contributed by atoms with Crippen LogP contribution in [-0.4, -0.2) is 17.0 Å². The van der Waals surface area contributed by atoms with Crippen molar-refractivity contribution >= 4 is 28.2 Å². The van der Waals surface area contributed by atoms with Gasteiger partial charge in [0, 0.05) is 16.5 Å². The summed E-state index contributed by atoms with van der Waals surface area (Å²) in [6, 6.07) is 13.0. The summed E-state index contributed by atoms with van der Waals surface area (Å²) in [7, 11) is 0. The van der Waals surface area contributed by atoms with Crippen LogP contribution in [0, 0.1) is 20.8 Å². The number of carboxylic acids is 1. The molecule has 0 saturated carbocycles. The fourth-order valence-electron chi connectivity index (χ4n) is 2.75. The molecule has 0 atom stereocenters. The van der Waals surface area contributed by atoms with Gasteiger partial charge < -0.3 is 10.4 Å². The Kier molecular flexibility index (Phi) is 4.91. The largest absolute Gasteiger partial charge is 0.478 e. The predicted molar refractivity (Wildman–Crippen MR) is 105 cm³/mol. The van der Waals surface area contributed by atoms with Gasteiger partial charge >= 0.3 is 5.97 Å². The molecule has 0 spiro atoms. The average Bonchev–Trinajstić information content (AvgIpc) is 3.01. The first-order valence-electron chi connectivity index (χ1n) is 8.17. The molecular formula is C21H19NO3S. The monoisotopic (exact) mass is 365 g/mol. The highest BCUT2D eigenvalue weighted by molar-refractivity contribution is 7.15. The summed E-state index contributed by atoms with van der Waals surface area (Å²) in [5, 5.41) is 14.6. The number of carboxylic acid groups (broad SMARTS) is 1. The lowest BCUT2D eigenvalue weighted by molar-refractivity contribution is 0.0699. The maximum Gasteiger partial charge on any atom is 0.339 e. The highest BCUT2D eigenvalue weighted by Crippen LogP contribution is 2.36. The van der Waals surface area contributed by atoms with Crippen LogP contribution in [0.2, 0.25) is 0 Å². The van der Waals surface area contributed by atoms with Gasteiger partial charge in [-0.1, -0.05) is 35.9 Å². The fraction of sp³-hybridized carbons (Fsp3) is 0.143. The number of amides is 1. The molecule has 3 aromatic rings. The zero-order chi connectivity index (χ0) is 18.8. The summed E-state index contributed by atoms with van der Waals surface area (Å²) < 4.78 is 0. The van der Waals surface area contributed by atoms with Gasteiger partial charge in [-0.2, -0.15) is 0 Å². The maximum atomic E-state index is 12.5. The van der Waals surface area contributed by atoms with Gasteiger partial charge in [-0.05, 0) is 49.6 Å². The van der Waals surface area contributed by atoms with E-state index in [2.05, 4.69) is 5.32 Å². The molecule has 1 amide bonds. The van der Waals surface area contributed by atoms with Gasteiger partial charge in [0.25, 0.3) is 5.91 Å². The van der Waals surface area contributed by atoms with Crippen LogP contribution >= 0.6 is 11.3 Å². The van der Waals surface area contributed by atoms with Crippen molar-refractivity contribution in [3.05, 3.63) is 75.7 Å². The molecule has 1 aromatic heterocycles. The van der Waals surface area contributed by atoms with E-state index in [1.807, 2.05) is 45.0 Å². The van der Waals surface area contributed by atoms with Crippen LogP contribution in [0.4, 0.5) is 5.00 Å². The van der Waals surface area contributed by atoms with Crippen molar-refractivity contribution < 1.29 is 14.7 Å². The second-order valence-corrected chi connectivity index (χ2v) is 7.16. The predicted octanol–water partition coefficient (Wildman–Crippen LogP) is 5.29. The zero-order valence-electron chi connectivity index (χ0n) is 14.8. The first kappa shape index (κ1) is 17.9. The summed E-state index contributed by atoms with van der Waals surface area (Å²) in [6.45, 7) is 5.91. The van der Waals surface area contributed by atoms with Crippen LogP contribution in [0.1, 0.15) is 37.4 Å². The molecule has 1 heterocycles. The molecule has 0 saturated heterocycles. The van der Waals surface area contributed by atoms with E-state index in [0.717, 1.165) is 22.3 Å². The topological polar surface area (TPSA) is 66.4 Å². The van der Waals surface area contributed by atoms with Crippen LogP contribution in [0.25, 0.3) is 11.1 Å². The Labute approximate surface area is 156 Å². The number of nitrogens with one attached hydrogen (secondary N) is 1. The molecule has 0 aliphatic rings. The molecule has 4 nitrogen and oxygen atoms in total. The minimum Gasteiger partial charge on any atom is -0.478 e. The SMILES string of the molecule is Cc1cccc(C(=O)Nc2scc(-c3ccc(C)c(C)c3)c2C(=O)O)c1. The van der Waals surface area contributed by atoms with E-state index in [4.69, 9.17) is 0 Å². The number of aryl methyl sites for hydroxylation is 3. The lowest BCUT2D eigenvalue weighted by Gasteiger charge is -2.08. The van der Waals surface area contributed by atoms with E-state index >= 15 is 0 Å². The van der Waals surface area contributed by atoms with Crippen molar-refractivity contribution in [2.45, 2.75) is 20.8 Å². The first-order chi connectivity index (χ1) is 12.4. The number of benzene rings is 2. The molecule has 0 aliphatic carbocycles. The average molecular weight is 365 g/mol. The summed E-state index contributed by atoms with van der Waals surface area (Å²) in [4.78, 5) is 24.3. The van der Waals surface area contributed by atoms with Gasteiger partial charge in [0.05, 0.1) is 0 Å². The number of carbonyl (C=O) groups is 2. The molecule has 0 aliphatic heterocycles. The minimum atomic E-state index is -1.06. The number of thiophene rings is 1. The number of rotatable bonds is 4. The third-order valence-corrected chi connectivity index (χ3v) is 5.23. The van der Waals surface area contributed by atoms with Crippen molar-refractivity contribution in [2.24, 2.45) is 0 Å². The summed E-state index contributed by atoms with van der Waals surface area (Å²) in [5.41, 5.74) is 5.28. The van der Waals surface area contributed by atoms with Crippen molar-refractivity contribution in [3.8, 4) is 11.1 Å². The standard InChI is InChI=1S/C21H19NO3S/c1-12-5-4-6-16(9-12)19(23)22-20-18(21(24)25)17(11-26-20)15-8-7-13(2)14(3)10-15/h4-11H,1-3H3,(H,22,23)(H,24,25). The van der Waals surface area contributed by atoms with Gasteiger partial charge in [0.2, 0.25) is 0 Å². The highest BCUT2D eigenvalue weighted by atomic mass is 32.1. The first-order valence-corrected chi connectivity index (χ1v) is 9.05. The van der Waals surface area contributed by atoms with Crippen LogP contribution in [0.3, 0.4) is 0 Å². The van der Waals surface area contributed by atoms with Crippen molar-refractivity contribution in [1.82, 2.24) is 0 Å². The second-order valence-electron chi connectivity index (χ2n) is 6.28. The highest BCUT2D eigenvalue weighted by Gasteiger charge is 2.21. The Bertz CT molecular complexity index is 1000. The fourth-order valence-corrected chi connectivity index (χ4v) is 3.70. The van der Waals surface area contributed by atoms with Gasteiger partial charge in [-0.25, -0.2) is 4.79 Å². The molecule has 2 aromatic carbocycles. The van der Waals surface area contributed by atoms with Gasteiger partial charge in [-0.15, -0.1) is 11.3 Å². The molecule has 26 heavy (non-hydrogen) atoms. The van der Waals surface area contributed by atoms with E-state index in [9.17, 15) is 14.7 Å². The summed E-state index contributed by atoms with van der Waals surface area (Å²) >= 11 is 1.22. The van der Waals surface area contributed by atoms with Crippen LogP contribution in [0.15, 0.2) is 47.8 Å². The molecule has 0 unspecified atom stereocenters. The number of carbonyl (C=O) groups excluding carboxylic acids is 1. The van der Waals surface area contributed by atoms with Crippen LogP contribution in [-0.2, 0) is 0 Å². The number of hydrogen-bond donors (Lipinski definition) is 2. The van der Waals surface area contributed by atoms with Gasteiger partial charge in [0.15, 0.2) is 0 Å². The lowest BCUT2D eigenvalue weighted by Crippen LogP contribution is -2.13. The molecule has 0 radical (unpaired) electrons. The smallest absolute Gasteiger partial charge is 0.339 e. The molecule has 132 valence electrons.